The second kappa shape index (κ2) is 12.3. The third-order valence-electron chi connectivity index (χ3n) is 9.52. The Hall–Kier alpha value is -3.94. The van der Waals surface area contributed by atoms with Gasteiger partial charge in [-0.2, -0.15) is 0 Å². The molecule has 7 rings (SSSR count). The van der Waals surface area contributed by atoms with Crippen LogP contribution in [0.4, 0.5) is 13.2 Å². The number of nitrogens with zero attached hydrogens (tertiary/aromatic N) is 1. The molecule has 3 aliphatic rings. The van der Waals surface area contributed by atoms with Gasteiger partial charge in [-0.05, 0) is 80.0 Å². The number of fused-ring (bicyclic) bond motifs is 3. The van der Waals surface area contributed by atoms with Crippen LogP contribution in [0.5, 0.6) is 5.75 Å². The van der Waals surface area contributed by atoms with E-state index in [0.29, 0.717) is 34.9 Å². The Balaban J connectivity index is 1.08. The van der Waals surface area contributed by atoms with Gasteiger partial charge in [0.05, 0.1) is 30.3 Å². The number of alkyl halides is 3. The summed E-state index contributed by atoms with van der Waals surface area (Å²) in [4.78, 5) is 12.4. The number of rotatable bonds is 10. The normalized spacial score (nSPS) is 22.8. The zero-order valence-electron chi connectivity index (χ0n) is 25.5. The maximum absolute atomic E-state index is 13.8. The number of para-hydroxylation sites is 1. The summed E-state index contributed by atoms with van der Waals surface area (Å²) >= 11 is 0. The van der Waals surface area contributed by atoms with Crippen LogP contribution < -0.4 is 9.46 Å². The Morgan fingerprint density at radius 3 is 2.32 bits per heavy atom. The monoisotopic (exact) mass is 670 g/mol. The first-order valence-electron chi connectivity index (χ1n) is 15.6. The van der Waals surface area contributed by atoms with Gasteiger partial charge in [-0.1, -0.05) is 41.6 Å². The summed E-state index contributed by atoms with van der Waals surface area (Å²) in [7, 11) is -2.66. The van der Waals surface area contributed by atoms with Crippen molar-refractivity contribution in [1.82, 2.24) is 9.88 Å². The molecule has 3 aliphatic carbocycles. The smallest absolute Gasteiger partial charge is 0.465 e. The van der Waals surface area contributed by atoms with Gasteiger partial charge in [-0.25, -0.2) is 17.9 Å². The fourth-order valence-electron chi connectivity index (χ4n) is 7.25. The first-order chi connectivity index (χ1) is 22.5. The summed E-state index contributed by atoms with van der Waals surface area (Å²) in [6.45, 7) is 0.101. The molecule has 1 aromatic heterocycles. The summed E-state index contributed by atoms with van der Waals surface area (Å²) in [5.41, 5.74) is 1.34. The number of benzene rings is 3. The minimum absolute atomic E-state index is 0.0416. The van der Waals surface area contributed by atoms with Gasteiger partial charge < -0.3 is 18.7 Å². The molecule has 4 aromatic rings. The Morgan fingerprint density at radius 2 is 1.64 bits per heavy atom. The van der Waals surface area contributed by atoms with Gasteiger partial charge in [0, 0.05) is 28.5 Å². The van der Waals surface area contributed by atoms with Crippen molar-refractivity contribution in [3.8, 4) is 17.0 Å². The zero-order valence-corrected chi connectivity index (χ0v) is 26.3. The van der Waals surface area contributed by atoms with E-state index in [1.807, 2.05) is 0 Å². The Bertz CT molecular complexity index is 1910. The average molecular weight is 671 g/mol. The van der Waals surface area contributed by atoms with Gasteiger partial charge in [-0.3, -0.25) is 0 Å². The van der Waals surface area contributed by atoms with Crippen molar-refractivity contribution in [1.29, 1.82) is 0 Å². The molecule has 9 nitrogen and oxygen atoms in total. The van der Waals surface area contributed by atoms with Crippen molar-refractivity contribution < 1.29 is 45.1 Å². The summed E-state index contributed by atoms with van der Waals surface area (Å²) < 4.78 is 91.3. The largest absolute Gasteiger partial charge is 0.573 e. The second-order valence-electron chi connectivity index (χ2n) is 12.5. The molecule has 3 fully saturated rings. The Morgan fingerprint density at radius 1 is 0.957 bits per heavy atom. The molecule has 0 amide bonds. The average Bonchev–Trinajstić information content (AvgIpc) is 3.76. The highest BCUT2D eigenvalue weighted by molar-refractivity contribution is 7.89. The van der Waals surface area contributed by atoms with Crippen LogP contribution in [0.1, 0.15) is 66.1 Å². The minimum atomic E-state index is -4.87. The molecule has 3 saturated carbocycles. The van der Waals surface area contributed by atoms with Crippen LogP contribution in [0, 0.1) is 11.8 Å². The highest BCUT2D eigenvalue weighted by Crippen LogP contribution is 2.47. The summed E-state index contributed by atoms with van der Waals surface area (Å²) in [5.74, 6) is -0.0626. The standard InChI is InChI=1S/C34H33F3N2O7S/c1-43-33(40)25-14-15-29(24-7-3-2-6-23(24)25)47(41,42)39-30-20-12-13-21(30)17-22(16-20)44-18-27-31(38-46-32(27)19-10-11-19)26-8-4-5-9-28(26)45-34(35,36)37/h2-9,14-15,19-22,30,39H,10-13,16-18H2,1H3/t20-,21?,22?,30?/m0/s1. The van der Waals surface area contributed by atoms with Gasteiger partial charge in [0.25, 0.3) is 0 Å². The topological polar surface area (TPSA) is 117 Å². The van der Waals surface area contributed by atoms with Crippen LogP contribution in [0.3, 0.4) is 0 Å². The lowest BCUT2D eigenvalue weighted by Gasteiger charge is -2.35. The molecule has 13 heteroatoms. The van der Waals surface area contributed by atoms with Crippen LogP contribution >= 0.6 is 0 Å². The van der Waals surface area contributed by atoms with Crippen molar-refractivity contribution in [2.75, 3.05) is 7.11 Å². The lowest BCUT2D eigenvalue weighted by molar-refractivity contribution is -0.274. The number of sulfonamides is 1. The van der Waals surface area contributed by atoms with Gasteiger partial charge >= 0.3 is 12.3 Å². The molecule has 4 atom stereocenters. The third kappa shape index (κ3) is 6.35. The summed E-state index contributed by atoms with van der Waals surface area (Å²) in [5, 5.41) is 5.09. The maximum atomic E-state index is 13.8. The van der Waals surface area contributed by atoms with E-state index in [9.17, 15) is 26.4 Å². The molecule has 1 N–H and O–H groups in total. The van der Waals surface area contributed by atoms with Gasteiger partial charge in [0.1, 0.15) is 17.2 Å². The van der Waals surface area contributed by atoms with Gasteiger partial charge in [0.2, 0.25) is 10.0 Å². The van der Waals surface area contributed by atoms with Crippen molar-refractivity contribution in [3.05, 3.63) is 77.6 Å². The molecule has 0 spiro atoms. The van der Waals surface area contributed by atoms with Crippen LogP contribution in [-0.2, 0) is 26.1 Å². The number of hydrogen-bond donors (Lipinski definition) is 1. The highest BCUT2D eigenvalue weighted by Gasteiger charge is 2.45. The second-order valence-corrected chi connectivity index (χ2v) is 14.2. The predicted octanol–water partition coefficient (Wildman–Crippen LogP) is 7.11. The molecule has 47 heavy (non-hydrogen) atoms. The molecule has 2 bridgehead atoms. The van der Waals surface area contributed by atoms with Gasteiger partial charge in [0.15, 0.2) is 0 Å². The summed E-state index contributed by atoms with van der Waals surface area (Å²) in [6, 6.07) is 15.3. The van der Waals surface area contributed by atoms with E-state index in [0.717, 1.165) is 25.7 Å². The first-order valence-corrected chi connectivity index (χ1v) is 17.1. The van der Waals surface area contributed by atoms with Crippen molar-refractivity contribution in [3.63, 3.8) is 0 Å². The predicted molar refractivity (Wildman–Crippen MR) is 164 cm³/mol. The molecular weight excluding hydrogens is 637 g/mol. The third-order valence-corrected chi connectivity index (χ3v) is 11.0. The van der Waals surface area contributed by atoms with Crippen molar-refractivity contribution in [2.45, 2.75) is 74.5 Å². The van der Waals surface area contributed by atoms with E-state index in [1.54, 1.807) is 30.3 Å². The molecule has 0 radical (unpaired) electrons. The van der Waals surface area contributed by atoms with E-state index < -0.39 is 22.4 Å². The fourth-order valence-corrected chi connectivity index (χ4v) is 8.84. The number of nitrogens with one attached hydrogen (secondary N) is 1. The zero-order chi connectivity index (χ0) is 32.9. The van der Waals surface area contributed by atoms with E-state index >= 15 is 0 Å². The molecule has 248 valence electrons. The van der Waals surface area contributed by atoms with E-state index in [-0.39, 0.29) is 64.0 Å². The fraction of sp³-hybridized carbons (Fsp3) is 0.412. The molecule has 0 saturated heterocycles. The molecule has 3 unspecified atom stereocenters. The van der Waals surface area contributed by atoms with E-state index in [2.05, 4.69) is 14.6 Å². The summed E-state index contributed by atoms with van der Waals surface area (Å²) in [6.07, 6.45) is -0.310. The lowest BCUT2D eigenvalue weighted by Crippen LogP contribution is -2.46. The Labute approximate surface area is 269 Å². The highest BCUT2D eigenvalue weighted by atomic mass is 32.2. The number of carbonyl (C=O) groups is 1. The molecular formula is C34H33F3N2O7S. The SMILES string of the molecule is COC(=O)c1ccc(S(=O)(=O)NC2C3CC[C@H]2CC(OCc2c(-c4ccccc4OC(F)(F)F)noc2C2CC2)C3)c2ccccc12. The van der Waals surface area contributed by atoms with E-state index in [4.69, 9.17) is 14.0 Å². The maximum Gasteiger partial charge on any atom is 0.573 e. The van der Waals surface area contributed by atoms with Crippen molar-refractivity contribution in [2.24, 2.45) is 11.8 Å². The van der Waals surface area contributed by atoms with Gasteiger partial charge in [-0.15, -0.1) is 13.2 Å². The number of halogens is 3. The molecule has 0 aliphatic heterocycles. The minimum Gasteiger partial charge on any atom is -0.465 e. The van der Waals surface area contributed by atoms with Crippen molar-refractivity contribution >= 4 is 26.8 Å². The van der Waals surface area contributed by atoms with Crippen LogP contribution in [0.25, 0.3) is 22.0 Å². The lowest BCUT2D eigenvalue weighted by atomic mass is 9.83. The molecule has 1 heterocycles. The van der Waals surface area contributed by atoms with Crippen LogP contribution in [-0.4, -0.2) is 45.2 Å². The van der Waals surface area contributed by atoms with Crippen LogP contribution in [0.15, 0.2) is 70.1 Å². The number of hydrogen-bond acceptors (Lipinski definition) is 8. The van der Waals surface area contributed by atoms with E-state index in [1.165, 1.54) is 37.4 Å². The quantitative estimate of drug-likeness (QED) is 0.178. The first kappa shape index (κ1) is 31.6. The number of aromatic nitrogens is 1. The number of esters is 1. The number of ether oxygens (including phenoxy) is 3. The van der Waals surface area contributed by atoms with Crippen LogP contribution in [0.2, 0.25) is 0 Å². The molecule has 3 aromatic carbocycles. The number of carbonyl (C=O) groups excluding carboxylic acids is 1. The Kier molecular flexibility index (Phi) is 8.25. The number of methoxy groups -OCH3 is 1.